The van der Waals surface area contributed by atoms with Crippen molar-refractivity contribution in [2.24, 2.45) is 0 Å². The molecule has 0 radical (unpaired) electrons. The monoisotopic (exact) mass is 255 g/mol. The van der Waals surface area contributed by atoms with Crippen molar-refractivity contribution in [3.05, 3.63) is 29.0 Å². The summed E-state index contributed by atoms with van der Waals surface area (Å²) in [4.78, 5) is 17.6. The number of rotatable bonds is 6. The number of hydrogen-bond donors (Lipinski definition) is 1. The molecule has 1 heterocycles. The van der Waals surface area contributed by atoms with Crippen molar-refractivity contribution in [2.45, 2.75) is 19.9 Å². The van der Waals surface area contributed by atoms with Gasteiger partial charge in [-0.15, -0.1) is 0 Å². The molecule has 0 aliphatic heterocycles. The Kier molecular flexibility index (Phi) is 5.94. The molecule has 1 amide bonds. The van der Waals surface area contributed by atoms with Crippen molar-refractivity contribution in [1.29, 1.82) is 0 Å². The van der Waals surface area contributed by atoms with Gasteiger partial charge in [0.25, 0.3) is 0 Å². The molecule has 0 saturated carbocycles. The Morgan fingerprint density at radius 1 is 1.59 bits per heavy atom. The summed E-state index contributed by atoms with van der Waals surface area (Å²) in [7, 11) is 1.64. The first kappa shape index (κ1) is 13.9. The van der Waals surface area contributed by atoms with Gasteiger partial charge in [0.05, 0.1) is 12.2 Å². The molecule has 0 aliphatic rings. The quantitative estimate of drug-likeness (QED) is 0.842. The van der Waals surface area contributed by atoms with E-state index in [0.717, 1.165) is 18.7 Å². The maximum Gasteiger partial charge on any atom is 0.233 e. The summed E-state index contributed by atoms with van der Waals surface area (Å²) in [5.74, 6) is 0.0143. The molecule has 94 valence electrons. The van der Waals surface area contributed by atoms with E-state index in [1.165, 1.54) is 0 Å². The third kappa shape index (κ3) is 5.15. The largest absolute Gasteiger partial charge is 0.358 e. The Bertz CT molecular complexity index is 371. The summed E-state index contributed by atoms with van der Waals surface area (Å²) >= 11 is 5.90. The van der Waals surface area contributed by atoms with Crippen LogP contribution in [0, 0.1) is 0 Å². The highest BCUT2D eigenvalue weighted by Crippen LogP contribution is 2.10. The second-order valence-electron chi connectivity index (χ2n) is 3.85. The van der Waals surface area contributed by atoms with Crippen molar-refractivity contribution in [3.8, 4) is 0 Å². The number of nitrogens with one attached hydrogen (secondary N) is 1. The van der Waals surface area contributed by atoms with Gasteiger partial charge in [-0.05, 0) is 25.1 Å². The highest BCUT2D eigenvalue weighted by atomic mass is 35.5. The average Bonchev–Trinajstić information content (AvgIpc) is 2.29. The smallest absolute Gasteiger partial charge is 0.233 e. The van der Waals surface area contributed by atoms with Crippen molar-refractivity contribution in [2.75, 3.05) is 20.1 Å². The third-order valence-corrected chi connectivity index (χ3v) is 2.59. The fourth-order valence-corrected chi connectivity index (χ4v) is 1.76. The predicted octanol–water partition coefficient (Wildman–Crippen LogP) is 1.69. The average molecular weight is 256 g/mol. The molecule has 1 N–H and O–H groups in total. The first-order chi connectivity index (χ1) is 8.15. The van der Waals surface area contributed by atoms with Crippen molar-refractivity contribution in [3.63, 3.8) is 0 Å². The van der Waals surface area contributed by atoms with E-state index in [1.54, 1.807) is 19.3 Å². The molecule has 0 aromatic carbocycles. The van der Waals surface area contributed by atoms with Gasteiger partial charge < -0.3 is 5.32 Å². The van der Waals surface area contributed by atoms with Crippen molar-refractivity contribution >= 4 is 17.5 Å². The van der Waals surface area contributed by atoms with Gasteiger partial charge in [0, 0.05) is 24.8 Å². The van der Waals surface area contributed by atoms with Crippen LogP contribution in [-0.4, -0.2) is 35.9 Å². The lowest BCUT2D eigenvalue weighted by atomic mass is 10.3. The summed E-state index contributed by atoms with van der Waals surface area (Å²) in [6.07, 6.45) is 2.68. The molecular weight excluding hydrogens is 238 g/mol. The Labute approximate surface area is 107 Å². The van der Waals surface area contributed by atoms with E-state index in [1.807, 2.05) is 6.07 Å². The molecule has 0 saturated heterocycles. The lowest BCUT2D eigenvalue weighted by Crippen LogP contribution is -2.35. The zero-order chi connectivity index (χ0) is 12.7. The van der Waals surface area contributed by atoms with Gasteiger partial charge >= 0.3 is 0 Å². The van der Waals surface area contributed by atoms with Crippen LogP contribution >= 0.6 is 11.6 Å². The van der Waals surface area contributed by atoms with Crippen LogP contribution < -0.4 is 5.32 Å². The van der Waals surface area contributed by atoms with Gasteiger partial charge in [-0.2, -0.15) is 0 Å². The van der Waals surface area contributed by atoms with E-state index >= 15 is 0 Å². The minimum atomic E-state index is 0.0143. The lowest BCUT2D eigenvalue weighted by Gasteiger charge is -2.20. The highest BCUT2D eigenvalue weighted by Gasteiger charge is 2.10. The molecular formula is C12H18ClN3O. The zero-order valence-corrected chi connectivity index (χ0v) is 11.0. The summed E-state index contributed by atoms with van der Waals surface area (Å²) in [5, 5.41) is 3.30. The minimum absolute atomic E-state index is 0.0143. The molecule has 1 aromatic rings. The molecule has 0 fully saturated rings. The van der Waals surface area contributed by atoms with Crippen LogP contribution in [0.1, 0.15) is 19.0 Å². The van der Waals surface area contributed by atoms with Gasteiger partial charge in [0.15, 0.2) is 0 Å². The molecule has 0 unspecified atom stereocenters. The van der Waals surface area contributed by atoms with Crippen LogP contribution in [-0.2, 0) is 11.3 Å². The number of aromatic nitrogens is 1. The SMILES string of the molecule is CCCN(CC(=O)NC)Cc1cc(Cl)ccn1. The Balaban J connectivity index is 2.62. The number of pyridine rings is 1. The molecule has 0 bridgehead atoms. The molecule has 0 spiro atoms. The first-order valence-electron chi connectivity index (χ1n) is 5.69. The van der Waals surface area contributed by atoms with Gasteiger partial charge in [0.2, 0.25) is 5.91 Å². The number of carbonyl (C=O) groups excluding carboxylic acids is 1. The number of likely N-dealkylation sites (N-methyl/N-ethyl adjacent to an activating group) is 1. The summed E-state index contributed by atoms with van der Waals surface area (Å²) in [6, 6.07) is 3.57. The van der Waals surface area contributed by atoms with Gasteiger partial charge in [-0.1, -0.05) is 18.5 Å². The Morgan fingerprint density at radius 2 is 2.35 bits per heavy atom. The molecule has 1 rings (SSSR count). The van der Waals surface area contributed by atoms with Gasteiger partial charge in [-0.25, -0.2) is 0 Å². The first-order valence-corrected chi connectivity index (χ1v) is 6.07. The predicted molar refractivity (Wildman–Crippen MR) is 68.9 cm³/mol. The molecule has 5 heteroatoms. The second-order valence-corrected chi connectivity index (χ2v) is 4.29. The number of carbonyl (C=O) groups is 1. The van der Waals surface area contributed by atoms with Gasteiger partial charge in [0.1, 0.15) is 0 Å². The number of amides is 1. The zero-order valence-electron chi connectivity index (χ0n) is 10.2. The molecule has 0 atom stereocenters. The summed E-state index contributed by atoms with van der Waals surface area (Å²) in [5.41, 5.74) is 0.884. The van der Waals surface area contributed by atoms with E-state index in [2.05, 4.69) is 22.1 Å². The highest BCUT2D eigenvalue weighted by molar-refractivity contribution is 6.30. The molecule has 1 aromatic heterocycles. The van der Waals surface area contributed by atoms with Crippen LogP contribution in [0.4, 0.5) is 0 Å². The maximum atomic E-state index is 11.4. The Morgan fingerprint density at radius 3 is 2.94 bits per heavy atom. The molecule has 17 heavy (non-hydrogen) atoms. The molecule has 4 nitrogen and oxygen atoms in total. The maximum absolute atomic E-state index is 11.4. The number of hydrogen-bond acceptors (Lipinski definition) is 3. The topological polar surface area (TPSA) is 45.2 Å². The van der Waals surface area contributed by atoms with E-state index in [4.69, 9.17) is 11.6 Å². The van der Waals surface area contributed by atoms with Crippen LogP contribution in [0.3, 0.4) is 0 Å². The van der Waals surface area contributed by atoms with E-state index in [0.29, 0.717) is 18.1 Å². The normalized spacial score (nSPS) is 10.6. The summed E-state index contributed by atoms with van der Waals surface area (Å²) in [6.45, 7) is 3.98. The second kappa shape index (κ2) is 7.25. The number of halogens is 1. The minimum Gasteiger partial charge on any atom is -0.358 e. The van der Waals surface area contributed by atoms with Crippen molar-refractivity contribution < 1.29 is 4.79 Å². The molecule has 0 aliphatic carbocycles. The summed E-state index contributed by atoms with van der Waals surface area (Å²) < 4.78 is 0. The van der Waals surface area contributed by atoms with Crippen LogP contribution in [0.5, 0.6) is 0 Å². The third-order valence-electron chi connectivity index (χ3n) is 2.35. The fourth-order valence-electron chi connectivity index (χ4n) is 1.58. The van der Waals surface area contributed by atoms with Crippen LogP contribution in [0.25, 0.3) is 0 Å². The van der Waals surface area contributed by atoms with Crippen LogP contribution in [0.15, 0.2) is 18.3 Å². The fraction of sp³-hybridized carbons (Fsp3) is 0.500. The van der Waals surface area contributed by atoms with E-state index < -0.39 is 0 Å². The number of nitrogens with zero attached hydrogens (tertiary/aromatic N) is 2. The van der Waals surface area contributed by atoms with Gasteiger partial charge in [-0.3, -0.25) is 14.7 Å². The van der Waals surface area contributed by atoms with E-state index in [9.17, 15) is 4.79 Å². The standard InChI is InChI=1S/C12H18ClN3O/c1-3-6-16(9-12(17)14-2)8-11-7-10(13)4-5-15-11/h4-5,7H,3,6,8-9H2,1-2H3,(H,14,17). The van der Waals surface area contributed by atoms with Crippen LogP contribution in [0.2, 0.25) is 5.02 Å². The Hall–Kier alpha value is -1.13. The van der Waals surface area contributed by atoms with Crippen molar-refractivity contribution in [1.82, 2.24) is 15.2 Å². The van der Waals surface area contributed by atoms with E-state index in [-0.39, 0.29) is 5.91 Å². The lowest BCUT2D eigenvalue weighted by molar-refractivity contribution is -0.121.